The molecule has 20 heavy (non-hydrogen) atoms. The van der Waals surface area contributed by atoms with Gasteiger partial charge in [-0.25, -0.2) is 4.39 Å². The summed E-state index contributed by atoms with van der Waals surface area (Å²) in [4.78, 5) is 23.2. The molecule has 0 spiro atoms. The smallest absolute Gasteiger partial charge is 0.325 e. The molecule has 110 valence electrons. The number of carbonyl (C=O) groups excluding carboxylic acids is 2. The first-order valence-electron chi connectivity index (χ1n) is 6.51. The normalized spacial score (nSPS) is 11.1. The molecular formula is C15H20FNO3. The zero-order chi connectivity index (χ0) is 15.3. The molecule has 1 N–H and O–H groups in total. The molecule has 0 aliphatic heterocycles. The van der Waals surface area contributed by atoms with Gasteiger partial charge in [-0.15, -0.1) is 0 Å². The number of nitrogens with one attached hydrogen (secondary N) is 1. The molecule has 0 bridgehead atoms. The molecule has 0 radical (unpaired) electrons. The number of aryl methyl sites for hydroxylation is 1. The predicted octanol–water partition coefficient (Wildman–Crippen LogP) is 2.46. The summed E-state index contributed by atoms with van der Waals surface area (Å²) in [6.45, 7) is 6.81. The Kier molecular flexibility index (Phi) is 5.25. The number of rotatable bonds is 4. The molecular weight excluding hydrogens is 261 g/mol. The Balaban J connectivity index is 2.61. The van der Waals surface area contributed by atoms with Crippen LogP contribution in [-0.4, -0.2) is 24.0 Å². The third-order valence-electron chi connectivity index (χ3n) is 2.50. The molecule has 0 saturated heterocycles. The predicted molar refractivity (Wildman–Crippen MR) is 74.0 cm³/mol. The first kappa shape index (κ1) is 16.1. The summed E-state index contributed by atoms with van der Waals surface area (Å²) < 4.78 is 18.7. The SMILES string of the molecule is CCc1ccc(C(=O)NCC(=O)OC(C)(C)C)c(F)c1. The molecule has 0 unspecified atom stereocenters. The summed E-state index contributed by atoms with van der Waals surface area (Å²) in [5.41, 5.74) is 0.118. The number of halogens is 1. The van der Waals surface area contributed by atoms with Crippen molar-refractivity contribution in [3.05, 3.63) is 35.1 Å². The number of esters is 1. The molecule has 0 atom stereocenters. The van der Waals surface area contributed by atoms with E-state index in [1.807, 2.05) is 6.92 Å². The average molecular weight is 281 g/mol. The second-order valence-corrected chi connectivity index (χ2v) is 5.44. The van der Waals surface area contributed by atoms with Gasteiger partial charge >= 0.3 is 5.97 Å². The van der Waals surface area contributed by atoms with Crippen LogP contribution in [0.25, 0.3) is 0 Å². The highest BCUT2D eigenvalue weighted by molar-refractivity contribution is 5.96. The fraction of sp³-hybridized carbons (Fsp3) is 0.467. The monoisotopic (exact) mass is 281 g/mol. The number of ether oxygens (including phenoxy) is 1. The Morgan fingerprint density at radius 3 is 2.45 bits per heavy atom. The Morgan fingerprint density at radius 2 is 1.95 bits per heavy atom. The molecule has 0 aromatic heterocycles. The first-order chi connectivity index (χ1) is 9.23. The van der Waals surface area contributed by atoms with Crippen molar-refractivity contribution >= 4 is 11.9 Å². The van der Waals surface area contributed by atoms with Crippen LogP contribution < -0.4 is 5.32 Å². The second-order valence-electron chi connectivity index (χ2n) is 5.44. The van der Waals surface area contributed by atoms with Crippen LogP contribution in [-0.2, 0) is 16.0 Å². The van der Waals surface area contributed by atoms with Gasteiger partial charge in [-0.2, -0.15) is 0 Å². The van der Waals surface area contributed by atoms with E-state index in [4.69, 9.17) is 4.74 Å². The highest BCUT2D eigenvalue weighted by Gasteiger charge is 2.18. The standard InChI is InChI=1S/C15H20FNO3/c1-5-10-6-7-11(12(16)8-10)14(19)17-9-13(18)20-15(2,3)4/h6-8H,5,9H2,1-4H3,(H,17,19). The number of hydrogen-bond acceptors (Lipinski definition) is 3. The summed E-state index contributed by atoms with van der Waals surface area (Å²) >= 11 is 0. The maximum absolute atomic E-state index is 13.7. The van der Waals surface area contributed by atoms with Gasteiger partial charge in [-0.1, -0.05) is 13.0 Å². The molecule has 0 heterocycles. The lowest BCUT2D eigenvalue weighted by molar-refractivity contribution is -0.153. The van der Waals surface area contributed by atoms with Crippen LogP contribution in [0.1, 0.15) is 43.6 Å². The van der Waals surface area contributed by atoms with E-state index in [0.29, 0.717) is 6.42 Å². The zero-order valence-corrected chi connectivity index (χ0v) is 12.2. The van der Waals surface area contributed by atoms with Gasteiger partial charge in [0.1, 0.15) is 18.0 Å². The quantitative estimate of drug-likeness (QED) is 0.863. The van der Waals surface area contributed by atoms with Crippen LogP contribution in [0.5, 0.6) is 0 Å². The Hall–Kier alpha value is -1.91. The maximum Gasteiger partial charge on any atom is 0.325 e. The van der Waals surface area contributed by atoms with Crippen LogP contribution in [0, 0.1) is 5.82 Å². The van der Waals surface area contributed by atoms with E-state index in [0.717, 1.165) is 5.56 Å². The molecule has 1 rings (SSSR count). The van der Waals surface area contributed by atoms with E-state index in [9.17, 15) is 14.0 Å². The zero-order valence-electron chi connectivity index (χ0n) is 12.2. The third-order valence-corrected chi connectivity index (χ3v) is 2.50. The van der Waals surface area contributed by atoms with Crippen LogP contribution in [0.15, 0.2) is 18.2 Å². The van der Waals surface area contributed by atoms with E-state index in [2.05, 4.69) is 5.32 Å². The average Bonchev–Trinajstić information content (AvgIpc) is 2.33. The number of hydrogen-bond donors (Lipinski definition) is 1. The maximum atomic E-state index is 13.7. The van der Waals surface area contributed by atoms with Crippen molar-refractivity contribution < 1.29 is 18.7 Å². The molecule has 4 nitrogen and oxygen atoms in total. The topological polar surface area (TPSA) is 55.4 Å². The highest BCUT2D eigenvalue weighted by Crippen LogP contribution is 2.11. The van der Waals surface area contributed by atoms with Crippen LogP contribution in [0.4, 0.5) is 4.39 Å². The van der Waals surface area contributed by atoms with Crippen LogP contribution in [0.2, 0.25) is 0 Å². The van der Waals surface area contributed by atoms with Gasteiger partial charge in [-0.05, 0) is 44.9 Å². The summed E-state index contributed by atoms with van der Waals surface area (Å²) in [6.07, 6.45) is 0.691. The van der Waals surface area contributed by atoms with Gasteiger partial charge in [0, 0.05) is 0 Å². The van der Waals surface area contributed by atoms with Crippen molar-refractivity contribution in [3.8, 4) is 0 Å². The Morgan fingerprint density at radius 1 is 1.30 bits per heavy atom. The second kappa shape index (κ2) is 6.50. The Labute approximate surface area is 118 Å². The first-order valence-corrected chi connectivity index (χ1v) is 6.51. The number of carbonyl (C=O) groups is 2. The highest BCUT2D eigenvalue weighted by atomic mass is 19.1. The van der Waals surface area contributed by atoms with Gasteiger partial charge < -0.3 is 10.1 Å². The van der Waals surface area contributed by atoms with E-state index >= 15 is 0 Å². The van der Waals surface area contributed by atoms with Crippen molar-refractivity contribution in [1.29, 1.82) is 0 Å². The van der Waals surface area contributed by atoms with Gasteiger partial charge in [0.05, 0.1) is 5.56 Å². The van der Waals surface area contributed by atoms with Gasteiger partial charge in [0.2, 0.25) is 0 Å². The van der Waals surface area contributed by atoms with Crippen LogP contribution in [0.3, 0.4) is 0 Å². The van der Waals surface area contributed by atoms with Crippen LogP contribution >= 0.6 is 0 Å². The van der Waals surface area contributed by atoms with Crippen molar-refractivity contribution in [2.24, 2.45) is 0 Å². The molecule has 1 aromatic carbocycles. The number of benzene rings is 1. The van der Waals surface area contributed by atoms with Gasteiger partial charge in [0.15, 0.2) is 0 Å². The van der Waals surface area contributed by atoms with Crippen molar-refractivity contribution in [1.82, 2.24) is 5.32 Å². The molecule has 0 aliphatic rings. The van der Waals surface area contributed by atoms with Crippen molar-refractivity contribution in [2.75, 3.05) is 6.54 Å². The van der Waals surface area contributed by atoms with E-state index < -0.39 is 23.3 Å². The fourth-order valence-corrected chi connectivity index (χ4v) is 1.59. The molecule has 1 aromatic rings. The lowest BCUT2D eigenvalue weighted by Crippen LogP contribution is -2.35. The largest absolute Gasteiger partial charge is 0.459 e. The fourth-order valence-electron chi connectivity index (χ4n) is 1.59. The van der Waals surface area contributed by atoms with Gasteiger partial charge in [0.25, 0.3) is 5.91 Å². The van der Waals surface area contributed by atoms with E-state index in [1.54, 1.807) is 26.8 Å². The molecule has 1 amide bonds. The molecule has 0 saturated carbocycles. The molecule has 0 fully saturated rings. The number of amides is 1. The van der Waals surface area contributed by atoms with Crippen molar-refractivity contribution in [3.63, 3.8) is 0 Å². The summed E-state index contributed by atoms with van der Waals surface area (Å²) in [5.74, 6) is -1.78. The van der Waals surface area contributed by atoms with Gasteiger partial charge in [-0.3, -0.25) is 9.59 Å². The van der Waals surface area contributed by atoms with Crippen molar-refractivity contribution in [2.45, 2.75) is 39.7 Å². The summed E-state index contributed by atoms with van der Waals surface area (Å²) in [6, 6.07) is 4.42. The third kappa shape index (κ3) is 4.99. The van der Waals surface area contributed by atoms with E-state index in [-0.39, 0.29) is 12.1 Å². The summed E-state index contributed by atoms with van der Waals surface area (Å²) in [5, 5.41) is 2.35. The minimum absolute atomic E-state index is 0.0780. The van der Waals surface area contributed by atoms with E-state index in [1.165, 1.54) is 12.1 Å². The molecule has 0 aliphatic carbocycles. The minimum atomic E-state index is -0.629. The Bertz CT molecular complexity index is 506. The lowest BCUT2D eigenvalue weighted by atomic mass is 10.1. The molecule has 5 heteroatoms. The lowest BCUT2D eigenvalue weighted by Gasteiger charge is -2.19. The summed E-state index contributed by atoms with van der Waals surface area (Å²) in [7, 11) is 0. The minimum Gasteiger partial charge on any atom is -0.459 e.